The predicted octanol–water partition coefficient (Wildman–Crippen LogP) is 1.75. The molecule has 0 amide bonds. The van der Waals surface area contributed by atoms with Crippen molar-refractivity contribution in [2.24, 2.45) is 0 Å². The molecule has 0 aromatic carbocycles. The molecule has 13 heavy (non-hydrogen) atoms. The average Bonchev–Trinajstić information content (AvgIpc) is 2.46. The predicted molar refractivity (Wildman–Crippen MR) is 36.8 cm³/mol. The molecule has 1 rings (SSSR count). The van der Waals surface area contributed by atoms with E-state index in [1.807, 2.05) is 0 Å². The first kappa shape index (κ1) is 10.0. The van der Waals surface area contributed by atoms with E-state index in [1.165, 1.54) is 6.92 Å². The van der Waals surface area contributed by atoms with Crippen LogP contribution in [0.2, 0.25) is 0 Å². The van der Waals surface area contributed by atoms with Crippen LogP contribution in [-0.2, 0) is 19.2 Å². The lowest BCUT2D eigenvalue weighted by Crippen LogP contribution is -2.08. The van der Waals surface area contributed by atoms with Crippen molar-refractivity contribution >= 4 is 0 Å². The summed E-state index contributed by atoms with van der Waals surface area (Å²) in [6.45, 7) is 0.903. The summed E-state index contributed by atoms with van der Waals surface area (Å²) in [6, 6.07) is 0. The lowest BCUT2D eigenvalue weighted by Gasteiger charge is -2.01. The van der Waals surface area contributed by atoms with Crippen LogP contribution in [-0.4, -0.2) is 10.1 Å². The summed E-state index contributed by atoms with van der Waals surface area (Å²) in [4.78, 5) is 3.13. The second-order valence-corrected chi connectivity index (χ2v) is 2.39. The molecule has 3 nitrogen and oxygen atoms in total. The smallest absolute Gasteiger partial charge is 0.436 e. The number of alkyl halides is 3. The molecule has 0 aliphatic rings. The monoisotopic (exact) mass is 195 g/mol. The van der Waals surface area contributed by atoms with E-state index in [4.69, 9.17) is 5.11 Å². The highest BCUT2D eigenvalue weighted by molar-refractivity contribution is 5.13. The van der Waals surface area contributed by atoms with Crippen LogP contribution in [0, 0.1) is 0 Å². The van der Waals surface area contributed by atoms with Gasteiger partial charge in [0.05, 0.1) is 0 Å². The SMILES string of the molecule is CCc1oc(CO)nc1C(F)(F)F. The molecule has 0 radical (unpaired) electrons. The lowest BCUT2D eigenvalue weighted by atomic mass is 10.3. The quantitative estimate of drug-likeness (QED) is 0.781. The summed E-state index contributed by atoms with van der Waals surface area (Å²) < 4.78 is 41.2. The highest BCUT2D eigenvalue weighted by Crippen LogP contribution is 2.31. The minimum absolute atomic E-state index is 0.0991. The molecule has 74 valence electrons. The zero-order valence-electron chi connectivity index (χ0n) is 6.85. The molecular weight excluding hydrogens is 187 g/mol. The first-order chi connectivity index (χ1) is 5.99. The number of oxazole rings is 1. The third kappa shape index (κ3) is 2.00. The second-order valence-electron chi connectivity index (χ2n) is 2.39. The van der Waals surface area contributed by atoms with Gasteiger partial charge in [-0.25, -0.2) is 4.98 Å². The summed E-state index contributed by atoms with van der Waals surface area (Å²) in [5.74, 6) is -0.541. The van der Waals surface area contributed by atoms with Crippen LogP contribution >= 0.6 is 0 Å². The molecule has 1 aromatic rings. The van der Waals surface area contributed by atoms with Crippen molar-refractivity contribution in [2.75, 3.05) is 0 Å². The lowest BCUT2D eigenvalue weighted by molar-refractivity contribution is -0.142. The molecule has 0 bridgehead atoms. The standard InChI is InChI=1S/C7H8F3NO2/c1-2-4-6(7(8,9)10)11-5(3-12)13-4/h12H,2-3H2,1H3. The molecule has 1 heterocycles. The number of rotatable bonds is 2. The molecule has 0 atom stereocenters. The number of hydrogen-bond acceptors (Lipinski definition) is 3. The normalized spacial score (nSPS) is 12.1. The van der Waals surface area contributed by atoms with Gasteiger partial charge in [-0.3, -0.25) is 0 Å². The van der Waals surface area contributed by atoms with E-state index < -0.39 is 18.5 Å². The minimum atomic E-state index is -4.51. The maximum Gasteiger partial charge on any atom is 0.436 e. The molecule has 1 N–H and O–H groups in total. The Morgan fingerprint density at radius 2 is 2.08 bits per heavy atom. The van der Waals surface area contributed by atoms with Crippen molar-refractivity contribution in [3.05, 3.63) is 17.3 Å². The summed E-state index contributed by atoms with van der Waals surface area (Å²) in [5, 5.41) is 8.51. The topological polar surface area (TPSA) is 46.3 Å². The number of aryl methyl sites for hydroxylation is 1. The van der Waals surface area contributed by atoms with E-state index in [9.17, 15) is 13.2 Å². The van der Waals surface area contributed by atoms with Gasteiger partial charge in [0, 0.05) is 6.42 Å². The summed E-state index contributed by atoms with van der Waals surface area (Å²) >= 11 is 0. The third-order valence-corrected chi connectivity index (χ3v) is 1.47. The number of aliphatic hydroxyl groups is 1. The van der Waals surface area contributed by atoms with E-state index in [1.54, 1.807) is 0 Å². The van der Waals surface area contributed by atoms with Gasteiger partial charge in [-0.2, -0.15) is 13.2 Å². The Labute approximate surface area is 72.2 Å². The summed E-state index contributed by atoms with van der Waals surface area (Å²) in [7, 11) is 0. The Kier molecular flexibility index (Phi) is 2.60. The number of aromatic nitrogens is 1. The van der Waals surface area contributed by atoms with Crippen molar-refractivity contribution in [3.63, 3.8) is 0 Å². The molecule has 1 aromatic heterocycles. The van der Waals surface area contributed by atoms with Gasteiger partial charge in [-0.15, -0.1) is 0 Å². The van der Waals surface area contributed by atoms with E-state index in [-0.39, 0.29) is 18.1 Å². The maximum absolute atomic E-state index is 12.2. The van der Waals surface area contributed by atoms with Crippen LogP contribution in [0.4, 0.5) is 13.2 Å². The molecular formula is C7H8F3NO2. The Hall–Kier alpha value is -1.04. The minimum Gasteiger partial charge on any atom is -0.443 e. The van der Waals surface area contributed by atoms with Crippen molar-refractivity contribution < 1.29 is 22.7 Å². The molecule has 6 heteroatoms. The fourth-order valence-corrected chi connectivity index (χ4v) is 0.929. The average molecular weight is 195 g/mol. The van der Waals surface area contributed by atoms with Gasteiger partial charge in [-0.05, 0) is 0 Å². The van der Waals surface area contributed by atoms with Crippen LogP contribution < -0.4 is 0 Å². The van der Waals surface area contributed by atoms with Crippen LogP contribution in [0.1, 0.15) is 24.3 Å². The Bertz CT molecular complexity index is 292. The Balaban J connectivity index is 3.11. The van der Waals surface area contributed by atoms with E-state index in [0.717, 1.165) is 0 Å². The summed E-state index contributed by atoms with van der Waals surface area (Å²) in [5.41, 5.74) is -1.04. The highest BCUT2D eigenvalue weighted by Gasteiger charge is 2.37. The van der Waals surface area contributed by atoms with Gasteiger partial charge in [0.1, 0.15) is 12.4 Å². The highest BCUT2D eigenvalue weighted by atomic mass is 19.4. The summed E-state index contributed by atoms with van der Waals surface area (Å²) in [6.07, 6.45) is -4.41. The van der Waals surface area contributed by atoms with Gasteiger partial charge < -0.3 is 9.52 Å². The van der Waals surface area contributed by atoms with Crippen molar-refractivity contribution in [1.29, 1.82) is 0 Å². The molecule has 0 aliphatic heterocycles. The molecule has 0 aliphatic carbocycles. The van der Waals surface area contributed by atoms with Crippen LogP contribution in [0.3, 0.4) is 0 Å². The molecule has 0 saturated heterocycles. The van der Waals surface area contributed by atoms with Gasteiger partial charge in [0.2, 0.25) is 5.89 Å². The first-order valence-corrected chi connectivity index (χ1v) is 3.65. The largest absolute Gasteiger partial charge is 0.443 e. The van der Waals surface area contributed by atoms with Gasteiger partial charge >= 0.3 is 6.18 Å². The molecule has 0 saturated carbocycles. The Morgan fingerprint density at radius 1 is 1.46 bits per heavy atom. The maximum atomic E-state index is 12.2. The first-order valence-electron chi connectivity index (χ1n) is 3.65. The second kappa shape index (κ2) is 3.37. The van der Waals surface area contributed by atoms with Gasteiger partial charge in [0.15, 0.2) is 5.69 Å². The molecule has 0 fully saturated rings. The Morgan fingerprint density at radius 3 is 2.38 bits per heavy atom. The third-order valence-electron chi connectivity index (χ3n) is 1.47. The zero-order chi connectivity index (χ0) is 10.1. The van der Waals surface area contributed by atoms with Gasteiger partial charge in [-0.1, -0.05) is 6.92 Å². The number of nitrogens with zero attached hydrogens (tertiary/aromatic N) is 1. The zero-order valence-corrected chi connectivity index (χ0v) is 6.85. The number of halogens is 3. The number of hydrogen-bond donors (Lipinski definition) is 1. The van der Waals surface area contributed by atoms with E-state index >= 15 is 0 Å². The molecule has 0 unspecified atom stereocenters. The fraction of sp³-hybridized carbons (Fsp3) is 0.571. The van der Waals surface area contributed by atoms with E-state index in [0.29, 0.717) is 0 Å². The fourth-order valence-electron chi connectivity index (χ4n) is 0.929. The van der Waals surface area contributed by atoms with Crippen molar-refractivity contribution in [3.8, 4) is 0 Å². The molecule has 0 spiro atoms. The van der Waals surface area contributed by atoms with Gasteiger partial charge in [0.25, 0.3) is 0 Å². The van der Waals surface area contributed by atoms with Crippen molar-refractivity contribution in [1.82, 2.24) is 4.98 Å². The van der Waals surface area contributed by atoms with Crippen LogP contribution in [0.5, 0.6) is 0 Å². The number of aliphatic hydroxyl groups excluding tert-OH is 1. The van der Waals surface area contributed by atoms with Crippen LogP contribution in [0.15, 0.2) is 4.42 Å². The van der Waals surface area contributed by atoms with Crippen molar-refractivity contribution in [2.45, 2.75) is 26.1 Å². The van der Waals surface area contributed by atoms with E-state index in [2.05, 4.69) is 9.40 Å². The van der Waals surface area contributed by atoms with Crippen LogP contribution in [0.25, 0.3) is 0 Å².